The Labute approximate surface area is 173 Å². The monoisotopic (exact) mass is 435 g/mol. The minimum Gasteiger partial charge on any atom is -0.489 e. The van der Waals surface area contributed by atoms with Crippen LogP contribution in [-0.2, 0) is 26.2 Å². The fourth-order valence-corrected chi connectivity index (χ4v) is 4.87. The van der Waals surface area contributed by atoms with Gasteiger partial charge in [-0.25, -0.2) is 13.9 Å². The van der Waals surface area contributed by atoms with Crippen LogP contribution in [0.2, 0.25) is 0 Å². The number of carboxylic acids is 1. The summed E-state index contributed by atoms with van der Waals surface area (Å²) in [5.74, 6) is -2.50. The molecular formula is C19H21N3O7S. The van der Waals surface area contributed by atoms with Crippen molar-refractivity contribution < 1.29 is 33.1 Å². The van der Waals surface area contributed by atoms with Gasteiger partial charge in [0.05, 0.1) is 10.8 Å². The van der Waals surface area contributed by atoms with Crippen LogP contribution in [0, 0.1) is 5.92 Å². The number of hydrogen-bond acceptors (Lipinski definition) is 7. The SMILES string of the molecule is O=C(O)[C@@H]1CCN(S(=O)(=O)c2ccc(OCc3ccncc3)cc2)[C@@H](C(=O)NO)C1. The van der Waals surface area contributed by atoms with E-state index < -0.39 is 33.9 Å². The molecule has 0 saturated carbocycles. The summed E-state index contributed by atoms with van der Waals surface area (Å²) in [6.07, 6.45) is 3.12. The fraction of sp³-hybridized carbons (Fsp3) is 0.316. The lowest BCUT2D eigenvalue weighted by atomic mass is 9.92. The molecule has 1 fully saturated rings. The van der Waals surface area contributed by atoms with E-state index in [2.05, 4.69) is 4.98 Å². The average Bonchev–Trinajstić information content (AvgIpc) is 2.77. The number of carbonyl (C=O) groups excluding carboxylic acids is 1. The van der Waals surface area contributed by atoms with Crippen LogP contribution >= 0.6 is 0 Å². The molecule has 2 atom stereocenters. The maximum atomic E-state index is 13.1. The third-order valence-corrected chi connectivity index (χ3v) is 6.82. The Bertz CT molecular complexity index is 997. The van der Waals surface area contributed by atoms with E-state index in [1.807, 2.05) is 0 Å². The molecule has 1 aromatic carbocycles. The maximum absolute atomic E-state index is 13.1. The van der Waals surface area contributed by atoms with Gasteiger partial charge in [-0.15, -0.1) is 0 Å². The Morgan fingerprint density at radius 3 is 2.43 bits per heavy atom. The summed E-state index contributed by atoms with van der Waals surface area (Å²) in [6, 6.07) is 7.98. The first-order chi connectivity index (χ1) is 14.3. The van der Waals surface area contributed by atoms with Crippen molar-refractivity contribution in [2.75, 3.05) is 6.54 Å². The minimum atomic E-state index is -4.09. The number of benzene rings is 1. The summed E-state index contributed by atoms with van der Waals surface area (Å²) in [5.41, 5.74) is 2.33. The van der Waals surface area contributed by atoms with Crippen LogP contribution in [-0.4, -0.2) is 52.5 Å². The summed E-state index contributed by atoms with van der Waals surface area (Å²) in [5, 5.41) is 18.2. The summed E-state index contributed by atoms with van der Waals surface area (Å²) in [6.45, 7) is 0.133. The number of amides is 1. The first-order valence-electron chi connectivity index (χ1n) is 9.13. The number of pyridine rings is 1. The summed E-state index contributed by atoms with van der Waals surface area (Å²) in [4.78, 5) is 27.1. The zero-order chi connectivity index (χ0) is 21.7. The number of nitrogens with zero attached hydrogens (tertiary/aromatic N) is 2. The molecule has 0 radical (unpaired) electrons. The van der Waals surface area contributed by atoms with Crippen LogP contribution in [0.5, 0.6) is 5.75 Å². The van der Waals surface area contributed by atoms with Gasteiger partial charge in [-0.05, 0) is 54.8 Å². The van der Waals surface area contributed by atoms with Gasteiger partial charge in [0.1, 0.15) is 18.4 Å². The largest absolute Gasteiger partial charge is 0.489 e. The van der Waals surface area contributed by atoms with Gasteiger partial charge < -0.3 is 9.84 Å². The second-order valence-electron chi connectivity index (χ2n) is 6.78. The van der Waals surface area contributed by atoms with E-state index in [0.29, 0.717) is 5.75 Å². The lowest BCUT2D eigenvalue weighted by Gasteiger charge is -2.35. The first kappa shape index (κ1) is 21.7. The topological polar surface area (TPSA) is 146 Å². The lowest BCUT2D eigenvalue weighted by Crippen LogP contribution is -2.53. The number of aromatic nitrogens is 1. The molecule has 2 heterocycles. The molecule has 11 heteroatoms. The highest BCUT2D eigenvalue weighted by Crippen LogP contribution is 2.30. The lowest BCUT2D eigenvalue weighted by molar-refractivity contribution is -0.145. The number of rotatable bonds is 7. The normalized spacial score (nSPS) is 19.8. The smallest absolute Gasteiger partial charge is 0.306 e. The average molecular weight is 435 g/mol. The predicted octanol–water partition coefficient (Wildman–Crippen LogP) is 1.02. The van der Waals surface area contributed by atoms with Crippen LogP contribution in [0.1, 0.15) is 18.4 Å². The van der Waals surface area contributed by atoms with E-state index in [1.165, 1.54) is 29.7 Å². The molecule has 3 rings (SSSR count). The molecule has 10 nitrogen and oxygen atoms in total. The summed E-state index contributed by atoms with van der Waals surface area (Å²) in [7, 11) is -4.09. The number of carboxylic acid groups (broad SMARTS) is 1. The standard InChI is InChI=1S/C19H21N3O7S/c23-18(21-26)17-11-14(19(24)25)7-10-22(17)30(27,28)16-3-1-15(2-4-16)29-12-13-5-8-20-9-6-13/h1-6,8-9,14,17,26H,7,10-12H2,(H,21,23)(H,24,25)/t14-,17-/m1/s1. The molecular weight excluding hydrogens is 414 g/mol. The van der Waals surface area contributed by atoms with E-state index in [0.717, 1.165) is 9.87 Å². The molecule has 0 spiro atoms. The van der Waals surface area contributed by atoms with Gasteiger partial charge in [0, 0.05) is 18.9 Å². The van der Waals surface area contributed by atoms with Crippen molar-refractivity contribution in [2.24, 2.45) is 5.92 Å². The third-order valence-electron chi connectivity index (χ3n) is 4.90. The Morgan fingerprint density at radius 1 is 1.17 bits per heavy atom. The molecule has 0 bridgehead atoms. The molecule has 1 aliphatic rings. The number of hydrogen-bond donors (Lipinski definition) is 3. The number of aliphatic carboxylic acids is 1. The van der Waals surface area contributed by atoms with Crippen molar-refractivity contribution in [3.8, 4) is 5.75 Å². The van der Waals surface area contributed by atoms with E-state index in [4.69, 9.17) is 9.94 Å². The number of nitrogens with one attached hydrogen (secondary N) is 1. The van der Waals surface area contributed by atoms with Crippen molar-refractivity contribution in [2.45, 2.75) is 30.4 Å². The van der Waals surface area contributed by atoms with Crippen molar-refractivity contribution in [3.63, 3.8) is 0 Å². The highest BCUT2D eigenvalue weighted by atomic mass is 32.2. The Hall–Kier alpha value is -3.02. The highest BCUT2D eigenvalue weighted by molar-refractivity contribution is 7.89. The van der Waals surface area contributed by atoms with Crippen LogP contribution in [0.25, 0.3) is 0 Å². The van der Waals surface area contributed by atoms with E-state index in [9.17, 15) is 23.1 Å². The van der Waals surface area contributed by atoms with Gasteiger partial charge in [-0.2, -0.15) is 4.31 Å². The van der Waals surface area contributed by atoms with Crippen LogP contribution < -0.4 is 10.2 Å². The van der Waals surface area contributed by atoms with E-state index in [-0.39, 0.29) is 30.9 Å². The molecule has 3 N–H and O–H groups in total. The van der Waals surface area contributed by atoms with Crippen molar-refractivity contribution >= 4 is 21.9 Å². The highest BCUT2D eigenvalue weighted by Gasteiger charge is 2.42. The molecule has 0 unspecified atom stereocenters. The molecule has 1 aliphatic heterocycles. The molecule has 160 valence electrons. The van der Waals surface area contributed by atoms with Crippen molar-refractivity contribution in [1.82, 2.24) is 14.8 Å². The zero-order valence-corrected chi connectivity index (χ0v) is 16.7. The molecule has 2 aromatic rings. The quantitative estimate of drug-likeness (QED) is 0.432. The predicted molar refractivity (Wildman–Crippen MR) is 103 cm³/mol. The van der Waals surface area contributed by atoms with Crippen LogP contribution in [0.4, 0.5) is 0 Å². The second-order valence-corrected chi connectivity index (χ2v) is 8.67. The van der Waals surface area contributed by atoms with Crippen LogP contribution in [0.15, 0.2) is 53.7 Å². The second kappa shape index (κ2) is 9.20. The van der Waals surface area contributed by atoms with Gasteiger partial charge in [0.15, 0.2) is 0 Å². The Kier molecular flexibility index (Phi) is 6.65. The summed E-state index contributed by atoms with van der Waals surface area (Å²) < 4.78 is 32.7. The van der Waals surface area contributed by atoms with E-state index >= 15 is 0 Å². The Morgan fingerprint density at radius 2 is 1.83 bits per heavy atom. The zero-order valence-electron chi connectivity index (χ0n) is 15.8. The third kappa shape index (κ3) is 4.75. The Balaban J connectivity index is 1.76. The number of sulfonamides is 1. The van der Waals surface area contributed by atoms with Crippen LogP contribution in [0.3, 0.4) is 0 Å². The van der Waals surface area contributed by atoms with Gasteiger partial charge in [-0.1, -0.05) is 0 Å². The van der Waals surface area contributed by atoms with Crippen molar-refractivity contribution in [3.05, 3.63) is 54.4 Å². The number of ether oxygens (including phenoxy) is 1. The maximum Gasteiger partial charge on any atom is 0.306 e. The molecule has 1 saturated heterocycles. The van der Waals surface area contributed by atoms with Gasteiger partial charge in [0.25, 0.3) is 5.91 Å². The molecule has 30 heavy (non-hydrogen) atoms. The van der Waals surface area contributed by atoms with Crippen molar-refractivity contribution in [1.29, 1.82) is 0 Å². The van der Waals surface area contributed by atoms with Gasteiger partial charge in [-0.3, -0.25) is 19.8 Å². The fourth-order valence-electron chi connectivity index (χ4n) is 3.26. The number of carbonyl (C=O) groups is 2. The summed E-state index contributed by atoms with van der Waals surface area (Å²) >= 11 is 0. The number of hydroxylamine groups is 1. The first-order valence-corrected chi connectivity index (χ1v) is 10.6. The van der Waals surface area contributed by atoms with Gasteiger partial charge >= 0.3 is 5.97 Å². The van der Waals surface area contributed by atoms with E-state index in [1.54, 1.807) is 24.5 Å². The molecule has 1 aromatic heterocycles. The molecule has 0 aliphatic carbocycles. The minimum absolute atomic E-state index is 0.0664. The number of piperidine rings is 1. The van der Waals surface area contributed by atoms with Gasteiger partial charge in [0.2, 0.25) is 10.0 Å². The molecule has 1 amide bonds.